The fraction of sp³-hybridized carbons (Fsp3) is 0.400. The molecule has 0 radical (unpaired) electrons. The summed E-state index contributed by atoms with van der Waals surface area (Å²) in [5, 5.41) is 9.25. The minimum Gasteiger partial charge on any atom is -0.488 e. The van der Waals surface area contributed by atoms with E-state index < -0.39 is 0 Å². The van der Waals surface area contributed by atoms with Crippen molar-refractivity contribution >= 4 is 11.6 Å². The molecule has 1 aliphatic carbocycles. The third kappa shape index (κ3) is 3.50. The van der Waals surface area contributed by atoms with Crippen molar-refractivity contribution in [2.45, 2.75) is 31.5 Å². The Bertz CT molecular complexity index is 495. The van der Waals surface area contributed by atoms with Crippen molar-refractivity contribution in [3.8, 4) is 11.8 Å². The van der Waals surface area contributed by atoms with Gasteiger partial charge in [-0.15, -0.1) is 6.58 Å². The van der Waals surface area contributed by atoms with Crippen LogP contribution in [0.15, 0.2) is 30.9 Å². The van der Waals surface area contributed by atoms with E-state index in [1.807, 2.05) is 6.07 Å². The predicted molar refractivity (Wildman–Crippen MR) is 74.4 cm³/mol. The number of ether oxygens (including phenoxy) is 2. The zero-order valence-electron chi connectivity index (χ0n) is 10.6. The summed E-state index contributed by atoms with van der Waals surface area (Å²) in [4.78, 5) is 0. The van der Waals surface area contributed by atoms with Crippen molar-refractivity contribution in [1.82, 2.24) is 0 Å². The van der Waals surface area contributed by atoms with Gasteiger partial charge in [0.25, 0.3) is 0 Å². The molecule has 0 aliphatic heterocycles. The Kier molecular flexibility index (Phi) is 4.84. The van der Waals surface area contributed by atoms with Gasteiger partial charge in [-0.3, -0.25) is 0 Å². The molecule has 2 rings (SSSR count). The molecule has 1 saturated carbocycles. The summed E-state index contributed by atoms with van der Waals surface area (Å²) in [6.07, 6.45) is 4.96. The van der Waals surface area contributed by atoms with Gasteiger partial charge in [-0.25, -0.2) is 0 Å². The van der Waals surface area contributed by atoms with Gasteiger partial charge in [-0.05, 0) is 31.4 Å². The van der Waals surface area contributed by atoms with E-state index in [1.165, 1.54) is 0 Å². The number of nitriles is 1. The predicted octanol–water partition coefficient (Wildman–Crippen LogP) is 3.71. The molecule has 0 unspecified atom stereocenters. The lowest BCUT2D eigenvalue weighted by atomic mass is 10.2. The fourth-order valence-electron chi connectivity index (χ4n) is 2.24. The summed E-state index contributed by atoms with van der Waals surface area (Å²) >= 11 is 5.99. The average Bonchev–Trinajstić information content (AvgIpc) is 2.84. The molecule has 1 aliphatic rings. The second-order valence-electron chi connectivity index (χ2n) is 4.50. The Morgan fingerprint density at radius 3 is 2.89 bits per heavy atom. The Balaban J connectivity index is 2.02. The molecule has 0 bridgehead atoms. The Morgan fingerprint density at radius 2 is 2.21 bits per heavy atom. The first-order valence-electron chi connectivity index (χ1n) is 6.33. The molecule has 1 aromatic carbocycles. The first-order chi connectivity index (χ1) is 9.24. The van der Waals surface area contributed by atoms with E-state index in [1.54, 1.807) is 24.3 Å². The molecule has 0 heterocycles. The fourth-order valence-corrected chi connectivity index (χ4v) is 2.46. The molecule has 0 amide bonds. The van der Waals surface area contributed by atoms with Crippen LogP contribution in [0.1, 0.15) is 24.8 Å². The Morgan fingerprint density at radius 1 is 1.42 bits per heavy atom. The molecule has 1 fully saturated rings. The number of halogens is 1. The maximum atomic E-state index is 8.83. The van der Waals surface area contributed by atoms with Crippen LogP contribution in [-0.2, 0) is 4.74 Å². The summed E-state index contributed by atoms with van der Waals surface area (Å²) in [6.45, 7) is 4.19. The van der Waals surface area contributed by atoms with Crippen LogP contribution in [0.25, 0.3) is 0 Å². The van der Waals surface area contributed by atoms with Crippen molar-refractivity contribution in [3.05, 3.63) is 41.4 Å². The highest BCUT2D eigenvalue weighted by Gasteiger charge is 2.29. The summed E-state index contributed by atoms with van der Waals surface area (Å²) in [7, 11) is 0. The van der Waals surface area contributed by atoms with Gasteiger partial charge in [-0.1, -0.05) is 17.7 Å². The molecule has 0 aromatic heterocycles. The van der Waals surface area contributed by atoms with E-state index in [-0.39, 0.29) is 12.2 Å². The van der Waals surface area contributed by atoms with Crippen LogP contribution in [0.5, 0.6) is 5.75 Å². The summed E-state index contributed by atoms with van der Waals surface area (Å²) in [6, 6.07) is 7.16. The van der Waals surface area contributed by atoms with Gasteiger partial charge in [0.2, 0.25) is 0 Å². The average molecular weight is 278 g/mol. The van der Waals surface area contributed by atoms with E-state index in [2.05, 4.69) is 6.58 Å². The standard InChI is InChI=1S/C15H16ClNO2/c1-2-8-18-14-4-3-5-15(14)19-12-7-6-11(10-17)13(16)9-12/h2,6-7,9,14-15H,1,3-5,8H2/t14-,15+/m0/s1. The molecular weight excluding hydrogens is 262 g/mol. The monoisotopic (exact) mass is 277 g/mol. The SMILES string of the molecule is C=CCO[C@H]1CCC[C@H]1Oc1ccc(C#N)c(Cl)c1. The van der Waals surface area contributed by atoms with Gasteiger partial charge < -0.3 is 9.47 Å². The first kappa shape index (κ1) is 13.9. The number of rotatable bonds is 5. The Labute approximate surface area is 118 Å². The summed E-state index contributed by atoms with van der Waals surface area (Å²) < 4.78 is 11.6. The van der Waals surface area contributed by atoms with E-state index in [0.717, 1.165) is 19.3 Å². The van der Waals surface area contributed by atoms with Crippen LogP contribution in [0.3, 0.4) is 0 Å². The zero-order valence-corrected chi connectivity index (χ0v) is 11.4. The van der Waals surface area contributed by atoms with E-state index in [9.17, 15) is 0 Å². The maximum Gasteiger partial charge on any atom is 0.125 e. The number of hydrogen-bond acceptors (Lipinski definition) is 3. The molecule has 19 heavy (non-hydrogen) atoms. The highest BCUT2D eigenvalue weighted by molar-refractivity contribution is 6.31. The van der Waals surface area contributed by atoms with Gasteiger partial charge >= 0.3 is 0 Å². The second kappa shape index (κ2) is 6.60. The van der Waals surface area contributed by atoms with Crippen molar-refractivity contribution in [1.29, 1.82) is 5.26 Å². The molecule has 2 atom stereocenters. The lowest BCUT2D eigenvalue weighted by molar-refractivity contribution is 0.00551. The van der Waals surface area contributed by atoms with Crippen LogP contribution in [0.4, 0.5) is 0 Å². The summed E-state index contributed by atoms with van der Waals surface area (Å²) in [5.41, 5.74) is 0.458. The minimum atomic E-state index is 0.0453. The molecule has 100 valence electrons. The van der Waals surface area contributed by atoms with Crippen molar-refractivity contribution in [3.63, 3.8) is 0 Å². The topological polar surface area (TPSA) is 42.2 Å². The van der Waals surface area contributed by atoms with Crippen LogP contribution in [0, 0.1) is 11.3 Å². The van der Waals surface area contributed by atoms with Crippen molar-refractivity contribution in [2.24, 2.45) is 0 Å². The zero-order chi connectivity index (χ0) is 13.7. The van der Waals surface area contributed by atoms with E-state index >= 15 is 0 Å². The summed E-state index contributed by atoms with van der Waals surface area (Å²) in [5.74, 6) is 0.683. The van der Waals surface area contributed by atoms with Gasteiger partial charge in [0.15, 0.2) is 0 Å². The molecule has 0 spiro atoms. The molecular formula is C15H16ClNO2. The quantitative estimate of drug-likeness (QED) is 0.771. The molecule has 3 nitrogen and oxygen atoms in total. The Hall–Kier alpha value is -1.50. The van der Waals surface area contributed by atoms with E-state index in [0.29, 0.717) is 22.9 Å². The molecule has 0 N–H and O–H groups in total. The van der Waals surface area contributed by atoms with Crippen LogP contribution >= 0.6 is 11.6 Å². The van der Waals surface area contributed by atoms with Gasteiger partial charge in [0, 0.05) is 6.07 Å². The molecule has 4 heteroatoms. The molecule has 0 saturated heterocycles. The number of nitrogens with zero attached hydrogens (tertiary/aromatic N) is 1. The van der Waals surface area contributed by atoms with Gasteiger partial charge in [0.1, 0.15) is 17.9 Å². The van der Waals surface area contributed by atoms with Gasteiger partial charge in [0.05, 0.1) is 23.3 Å². The first-order valence-corrected chi connectivity index (χ1v) is 6.71. The minimum absolute atomic E-state index is 0.0453. The molecule has 1 aromatic rings. The normalized spacial score (nSPS) is 21.9. The number of benzene rings is 1. The van der Waals surface area contributed by atoms with E-state index in [4.69, 9.17) is 26.3 Å². The van der Waals surface area contributed by atoms with Crippen LogP contribution in [0.2, 0.25) is 5.02 Å². The van der Waals surface area contributed by atoms with Crippen LogP contribution in [-0.4, -0.2) is 18.8 Å². The van der Waals surface area contributed by atoms with Crippen LogP contribution < -0.4 is 4.74 Å². The maximum absolute atomic E-state index is 8.83. The highest BCUT2D eigenvalue weighted by atomic mass is 35.5. The lowest BCUT2D eigenvalue weighted by Crippen LogP contribution is -2.28. The largest absolute Gasteiger partial charge is 0.488 e. The third-order valence-electron chi connectivity index (χ3n) is 3.17. The van der Waals surface area contributed by atoms with Crippen molar-refractivity contribution < 1.29 is 9.47 Å². The van der Waals surface area contributed by atoms with Crippen molar-refractivity contribution in [2.75, 3.05) is 6.61 Å². The smallest absolute Gasteiger partial charge is 0.125 e. The third-order valence-corrected chi connectivity index (χ3v) is 3.48. The highest BCUT2D eigenvalue weighted by Crippen LogP contribution is 2.29. The van der Waals surface area contributed by atoms with Gasteiger partial charge in [-0.2, -0.15) is 5.26 Å². The second-order valence-corrected chi connectivity index (χ2v) is 4.91. The number of hydrogen-bond donors (Lipinski definition) is 0. The lowest BCUT2D eigenvalue weighted by Gasteiger charge is -2.21.